The van der Waals surface area contributed by atoms with E-state index < -0.39 is 23.1 Å². The van der Waals surface area contributed by atoms with Crippen molar-refractivity contribution in [1.29, 1.82) is 0 Å². The van der Waals surface area contributed by atoms with Crippen LogP contribution < -0.4 is 0 Å². The minimum absolute atomic E-state index is 0.186. The van der Waals surface area contributed by atoms with Gasteiger partial charge in [-0.1, -0.05) is 33.6 Å². The first-order valence-electron chi connectivity index (χ1n) is 3.82. The third-order valence-electron chi connectivity index (χ3n) is 1.72. The van der Waals surface area contributed by atoms with E-state index in [0.717, 1.165) is 12.1 Å². The van der Waals surface area contributed by atoms with Crippen molar-refractivity contribution in [2.24, 2.45) is 0 Å². The first-order chi connectivity index (χ1) is 6.88. The molecule has 1 rings (SSSR count). The van der Waals surface area contributed by atoms with Crippen molar-refractivity contribution < 1.29 is 18.0 Å². The standard InChI is InChI=1S/C9H5BrClF3O/c10-4-7(15)8-5(9(12,13)14)2-1-3-6(8)11/h1-3H,4H2. The maximum atomic E-state index is 12.5. The first-order valence-corrected chi connectivity index (χ1v) is 5.32. The SMILES string of the molecule is O=C(CBr)c1c(Cl)cccc1C(F)(F)F. The van der Waals surface area contributed by atoms with Crippen LogP contribution in [-0.2, 0) is 6.18 Å². The molecule has 0 bridgehead atoms. The van der Waals surface area contributed by atoms with Crippen molar-refractivity contribution in [1.82, 2.24) is 0 Å². The summed E-state index contributed by atoms with van der Waals surface area (Å²) in [5, 5.41) is -0.380. The van der Waals surface area contributed by atoms with Gasteiger partial charge < -0.3 is 0 Å². The van der Waals surface area contributed by atoms with Crippen LogP contribution in [-0.4, -0.2) is 11.1 Å². The van der Waals surface area contributed by atoms with Crippen LogP contribution in [0, 0.1) is 0 Å². The molecule has 1 nitrogen and oxygen atoms in total. The molecule has 1 aromatic rings. The highest BCUT2D eigenvalue weighted by atomic mass is 79.9. The lowest BCUT2D eigenvalue weighted by Crippen LogP contribution is -2.14. The van der Waals surface area contributed by atoms with Crippen LogP contribution in [0.3, 0.4) is 0 Å². The molecule has 0 N–H and O–H groups in total. The first kappa shape index (κ1) is 12.5. The highest BCUT2D eigenvalue weighted by Gasteiger charge is 2.35. The van der Waals surface area contributed by atoms with Gasteiger partial charge in [-0.05, 0) is 12.1 Å². The molecule has 1 aromatic carbocycles. The zero-order valence-corrected chi connectivity index (χ0v) is 9.58. The number of hydrogen-bond donors (Lipinski definition) is 0. The highest BCUT2D eigenvalue weighted by molar-refractivity contribution is 9.09. The van der Waals surface area contributed by atoms with Gasteiger partial charge in [0, 0.05) is 5.56 Å². The molecule has 0 atom stereocenters. The Morgan fingerprint density at radius 2 is 2.00 bits per heavy atom. The van der Waals surface area contributed by atoms with E-state index in [2.05, 4.69) is 15.9 Å². The number of ketones is 1. The normalized spacial score (nSPS) is 11.5. The second kappa shape index (κ2) is 4.53. The minimum Gasteiger partial charge on any atom is -0.293 e. The molecular formula is C9H5BrClF3O. The van der Waals surface area contributed by atoms with Crippen molar-refractivity contribution in [3.63, 3.8) is 0 Å². The Labute approximate surface area is 97.4 Å². The zero-order valence-electron chi connectivity index (χ0n) is 7.24. The molecule has 0 amide bonds. The summed E-state index contributed by atoms with van der Waals surface area (Å²) in [5.41, 5.74) is -1.48. The quantitative estimate of drug-likeness (QED) is 0.597. The fraction of sp³-hybridized carbons (Fsp3) is 0.222. The molecule has 0 unspecified atom stereocenters. The summed E-state index contributed by atoms with van der Waals surface area (Å²) in [7, 11) is 0. The topological polar surface area (TPSA) is 17.1 Å². The summed E-state index contributed by atoms with van der Waals surface area (Å²) < 4.78 is 37.5. The summed E-state index contributed by atoms with van der Waals surface area (Å²) in [5.74, 6) is -0.687. The van der Waals surface area contributed by atoms with Crippen LogP contribution in [0.25, 0.3) is 0 Å². The molecule has 0 aliphatic carbocycles. The third kappa shape index (κ3) is 2.72. The van der Waals surface area contributed by atoms with E-state index in [-0.39, 0.29) is 10.4 Å². The number of Topliss-reactive ketones (excluding diaryl/α,β-unsaturated/α-hetero) is 1. The average Bonchev–Trinajstić information content (AvgIpc) is 2.15. The summed E-state index contributed by atoms with van der Waals surface area (Å²) in [6, 6.07) is 3.25. The van der Waals surface area contributed by atoms with Crippen molar-refractivity contribution in [2.45, 2.75) is 6.18 Å². The molecule has 0 spiro atoms. The molecule has 0 aliphatic rings. The summed E-state index contributed by atoms with van der Waals surface area (Å²) in [6.07, 6.45) is -4.57. The molecule has 6 heteroatoms. The molecular weight excluding hydrogens is 296 g/mol. The second-order valence-corrected chi connectivity index (χ2v) is 3.68. The molecule has 0 aromatic heterocycles. The Bertz CT molecular complexity index is 389. The fourth-order valence-corrected chi connectivity index (χ4v) is 1.67. The number of halogens is 5. The summed E-state index contributed by atoms with van der Waals surface area (Å²) in [6.45, 7) is 0. The highest BCUT2D eigenvalue weighted by Crippen LogP contribution is 2.35. The van der Waals surface area contributed by atoms with Gasteiger partial charge in [-0.25, -0.2) is 0 Å². The van der Waals surface area contributed by atoms with E-state index in [9.17, 15) is 18.0 Å². The smallest absolute Gasteiger partial charge is 0.293 e. The molecule has 0 heterocycles. The van der Waals surface area contributed by atoms with Gasteiger partial charge in [0.15, 0.2) is 5.78 Å². The maximum Gasteiger partial charge on any atom is 0.417 e. The number of hydrogen-bond acceptors (Lipinski definition) is 1. The van der Waals surface area contributed by atoms with E-state index in [4.69, 9.17) is 11.6 Å². The van der Waals surface area contributed by atoms with Gasteiger partial charge in [-0.3, -0.25) is 4.79 Å². The number of carbonyl (C=O) groups excluding carboxylic acids is 1. The van der Waals surface area contributed by atoms with E-state index >= 15 is 0 Å². The Hall–Kier alpha value is -0.550. The van der Waals surface area contributed by atoms with E-state index in [1.165, 1.54) is 6.07 Å². The summed E-state index contributed by atoms with van der Waals surface area (Å²) in [4.78, 5) is 11.3. The Balaban J connectivity index is 3.40. The van der Waals surface area contributed by atoms with Gasteiger partial charge in [-0.15, -0.1) is 0 Å². The predicted molar refractivity (Wildman–Crippen MR) is 54.6 cm³/mol. The third-order valence-corrected chi connectivity index (χ3v) is 2.54. The van der Waals surface area contributed by atoms with Crippen LogP contribution in [0.15, 0.2) is 18.2 Å². The fourth-order valence-electron chi connectivity index (χ4n) is 1.11. The van der Waals surface area contributed by atoms with Crippen molar-refractivity contribution in [3.8, 4) is 0 Å². The van der Waals surface area contributed by atoms with Crippen LogP contribution in [0.4, 0.5) is 13.2 Å². The minimum atomic E-state index is -4.57. The molecule has 0 aliphatic heterocycles. The van der Waals surface area contributed by atoms with Gasteiger partial charge >= 0.3 is 6.18 Å². The van der Waals surface area contributed by atoms with Crippen molar-refractivity contribution >= 4 is 33.3 Å². The number of alkyl halides is 4. The lowest BCUT2D eigenvalue weighted by molar-refractivity contribution is -0.137. The van der Waals surface area contributed by atoms with E-state index in [1.807, 2.05) is 0 Å². The average molecular weight is 301 g/mol. The van der Waals surface area contributed by atoms with Crippen LogP contribution in [0.1, 0.15) is 15.9 Å². The molecule has 0 radical (unpaired) electrons. The number of rotatable bonds is 2. The molecule has 0 saturated heterocycles. The van der Waals surface area contributed by atoms with Crippen LogP contribution in [0.5, 0.6) is 0 Å². The Kier molecular flexibility index (Phi) is 3.78. The van der Waals surface area contributed by atoms with Gasteiger partial charge in [0.05, 0.1) is 15.9 Å². The van der Waals surface area contributed by atoms with Crippen LogP contribution in [0.2, 0.25) is 5.02 Å². The second-order valence-electron chi connectivity index (χ2n) is 2.72. The van der Waals surface area contributed by atoms with Gasteiger partial charge in [0.25, 0.3) is 0 Å². The number of benzene rings is 1. The van der Waals surface area contributed by atoms with Gasteiger partial charge in [0.2, 0.25) is 0 Å². The predicted octanol–water partition coefficient (Wildman–Crippen LogP) is 3.94. The Morgan fingerprint density at radius 1 is 1.40 bits per heavy atom. The van der Waals surface area contributed by atoms with E-state index in [1.54, 1.807) is 0 Å². The molecule has 0 fully saturated rings. The van der Waals surface area contributed by atoms with Gasteiger partial charge in [0.1, 0.15) is 0 Å². The zero-order chi connectivity index (χ0) is 11.6. The lowest BCUT2D eigenvalue weighted by atomic mass is 10.0. The van der Waals surface area contributed by atoms with Crippen molar-refractivity contribution in [2.75, 3.05) is 5.33 Å². The number of carbonyl (C=O) groups is 1. The molecule has 0 saturated carbocycles. The van der Waals surface area contributed by atoms with Crippen LogP contribution >= 0.6 is 27.5 Å². The largest absolute Gasteiger partial charge is 0.417 e. The Morgan fingerprint density at radius 3 is 2.47 bits per heavy atom. The van der Waals surface area contributed by atoms with Crippen molar-refractivity contribution in [3.05, 3.63) is 34.3 Å². The monoisotopic (exact) mass is 300 g/mol. The lowest BCUT2D eigenvalue weighted by Gasteiger charge is -2.12. The van der Waals surface area contributed by atoms with Gasteiger partial charge in [-0.2, -0.15) is 13.2 Å². The summed E-state index contributed by atoms with van der Waals surface area (Å²) >= 11 is 8.38. The molecule has 15 heavy (non-hydrogen) atoms. The van der Waals surface area contributed by atoms with E-state index in [0.29, 0.717) is 0 Å². The molecule has 82 valence electrons. The maximum absolute atomic E-state index is 12.5.